The molecule has 1 saturated heterocycles. The van der Waals surface area contributed by atoms with E-state index in [1.807, 2.05) is 6.92 Å². The Morgan fingerprint density at radius 1 is 1.35 bits per heavy atom. The van der Waals surface area contributed by atoms with Gasteiger partial charge in [-0.1, -0.05) is 6.07 Å². The summed E-state index contributed by atoms with van der Waals surface area (Å²) in [5.74, 6) is 1.75. The Morgan fingerprint density at radius 2 is 2.15 bits per heavy atom. The van der Waals surface area contributed by atoms with Gasteiger partial charge in [-0.05, 0) is 50.8 Å². The Balaban J connectivity index is 0.00000243. The summed E-state index contributed by atoms with van der Waals surface area (Å²) in [5, 5.41) is 6.70. The molecule has 0 radical (unpaired) electrons. The van der Waals surface area contributed by atoms with Gasteiger partial charge in [0.05, 0.1) is 6.54 Å². The summed E-state index contributed by atoms with van der Waals surface area (Å²) in [6.45, 7) is 5.95. The van der Waals surface area contributed by atoms with Gasteiger partial charge in [0.1, 0.15) is 17.7 Å². The topological polar surface area (TPSA) is 48.9 Å². The smallest absolute Gasteiger partial charge is 0.191 e. The van der Waals surface area contributed by atoms with Crippen molar-refractivity contribution in [2.75, 3.05) is 33.2 Å². The minimum Gasteiger partial charge on any atom is -0.489 e. The number of hydrogen-bond donors (Lipinski definition) is 2. The van der Waals surface area contributed by atoms with E-state index >= 15 is 0 Å². The third-order valence-electron chi connectivity index (χ3n) is 4.85. The van der Waals surface area contributed by atoms with Crippen LogP contribution in [0.2, 0.25) is 0 Å². The lowest BCUT2D eigenvalue weighted by Crippen LogP contribution is -2.43. The summed E-state index contributed by atoms with van der Waals surface area (Å²) in [4.78, 5) is 6.90. The Bertz CT molecular complexity index is 597. The van der Waals surface area contributed by atoms with E-state index in [-0.39, 0.29) is 35.9 Å². The van der Waals surface area contributed by atoms with Gasteiger partial charge in [-0.25, -0.2) is 4.39 Å². The highest BCUT2D eigenvalue weighted by molar-refractivity contribution is 14.0. The first-order valence-corrected chi connectivity index (χ1v) is 9.25. The van der Waals surface area contributed by atoms with E-state index in [1.165, 1.54) is 44.5 Å². The minimum absolute atomic E-state index is 0. The van der Waals surface area contributed by atoms with Crippen LogP contribution in [0.1, 0.15) is 26.2 Å². The van der Waals surface area contributed by atoms with Crippen molar-refractivity contribution in [1.29, 1.82) is 0 Å². The van der Waals surface area contributed by atoms with Crippen molar-refractivity contribution in [3.8, 4) is 5.75 Å². The molecule has 2 atom stereocenters. The van der Waals surface area contributed by atoms with Gasteiger partial charge < -0.3 is 20.3 Å². The lowest BCUT2D eigenvalue weighted by molar-refractivity contribution is 0.223. The average molecular weight is 476 g/mol. The number of halogens is 2. The fourth-order valence-corrected chi connectivity index (χ4v) is 3.32. The van der Waals surface area contributed by atoms with Gasteiger partial charge in [-0.2, -0.15) is 0 Å². The number of rotatable bonds is 7. The van der Waals surface area contributed by atoms with Gasteiger partial charge >= 0.3 is 0 Å². The molecule has 0 aromatic heterocycles. The zero-order valence-electron chi connectivity index (χ0n) is 15.6. The molecule has 0 bridgehead atoms. The zero-order valence-corrected chi connectivity index (χ0v) is 17.9. The predicted octanol–water partition coefficient (Wildman–Crippen LogP) is 2.86. The standard InChI is InChI=1S/C19H29FN4O.HI/c1-14(25-18-5-3-4-16(20)10-18)11-22-19(21-2)23-12-15-8-9-24(13-15)17-6-7-17;/h3-5,10,14-15,17H,6-9,11-13H2,1-2H3,(H2,21,22,23);1H. The third-order valence-corrected chi connectivity index (χ3v) is 4.85. The van der Waals surface area contributed by atoms with Gasteiger partial charge in [0.25, 0.3) is 0 Å². The van der Waals surface area contributed by atoms with Crippen LogP contribution in [0.5, 0.6) is 5.75 Å². The second-order valence-electron chi connectivity index (χ2n) is 7.10. The second-order valence-corrected chi connectivity index (χ2v) is 7.10. The van der Waals surface area contributed by atoms with E-state index in [4.69, 9.17) is 4.74 Å². The molecule has 1 aromatic rings. The number of nitrogens with one attached hydrogen (secondary N) is 2. The largest absolute Gasteiger partial charge is 0.489 e. The minimum atomic E-state index is -0.285. The van der Waals surface area contributed by atoms with Gasteiger partial charge in [-0.3, -0.25) is 4.99 Å². The maximum absolute atomic E-state index is 13.2. The molecule has 1 aromatic carbocycles. The van der Waals surface area contributed by atoms with Crippen molar-refractivity contribution >= 4 is 29.9 Å². The normalized spacial score (nSPS) is 21.8. The summed E-state index contributed by atoms with van der Waals surface area (Å²) >= 11 is 0. The van der Waals surface area contributed by atoms with Gasteiger partial charge in [0, 0.05) is 32.2 Å². The molecule has 2 fully saturated rings. The van der Waals surface area contributed by atoms with E-state index < -0.39 is 0 Å². The van der Waals surface area contributed by atoms with Crippen LogP contribution in [0.4, 0.5) is 4.39 Å². The summed E-state index contributed by atoms with van der Waals surface area (Å²) < 4.78 is 18.9. The molecule has 0 amide bonds. The fraction of sp³-hybridized carbons (Fsp3) is 0.632. The number of ether oxygens (including phenoxy) is 1. The molecule has 1 saturated carbocycles. The molecular formula is C19H30FIN4O. The van der Waals surface area contributed by atoms with Crippen molar-refractivity contribution in [3.63, 3.8) is 0 Å². The number of hydrogen-bond acceptors (Lipinski definition) is 3. The molecule has 2 aliphatic rings. The van der Waals surface area contributed by atoms with Crippen molar-refractivity contribution < 1.29 is 9.13 Å². The number of aliphatic imine (C=N–C) groups is 1. The first kappa shape index (κ1) is 21.2. The van der Waals surface area contributed by atoms with Crippen molar-refractivity contribution in [2.24, 2.45) is 10.9 Å². The van der Waals surface area contributed by atoms with E-state index in [0.29, 0.717) is 18.2 Å². The van der Waals surface area contributed by atoms with E-state index in [1.54, 1.807) is 19.2 Å². The molecule has 1 aliphatic heterocycles. The van der Waals surface area contributed by atoms with Crippen LogP contribution in [0.15, 0.2) is 29.3 Å². The maximum atomic E-state index is 13.2. The van der Waals surface area contributed by atoms with Crippen molar-refractivity contribution in [2.45, 2.75) is 38.3 Å². The fourth-order valence-electron chi connectivity index (χ4n) is 3.32. The molecule has 3 rings (SSSR count). The SMILES string of the molecule is CN=C(NCC1CCN(C2CC2)C1)NCC(C)Oc1cccc(F)c1.I. The highest BCUT2D eigenvalue weighted by atomic mass is 127. The third kappa shape index (κ3) is 6.57. The first-order valence-electron chi connectivity index (χ1n) is 9.25. The summed E-state index contributed by atoms with van der Waals surface area (Å²) in [5.41, 5.74) is 0. The highest BCUT2D eigenvalue weighted by Crippen LogP contribution is 2.31. The average Bonchev–Trinajstić information content (AvgIpc) is 3.34. The lowest BCUT2D eigenvalue weighted by atomic mass is 10.1. The highest BCUT2D eigenvalue weighted by Gasteiger charge is 2.34. The number of benzene rings is 1. The molecule has 2 unspecified atom stereocenters. The Labute approximate surface area is 172 Å². The maximum Gasteiger partial charge on any atom is 0.191 e. The lowest BCUT2D eigenvalue weighted by Gasteiger charge is -2.19. The summed E-state index contributed by atoms with van der Waals surface area (Å²) in [7, 11) is 1.78. The van der Waals surface area contributed by atoms with Crippen LogP contribution in [-0.4, -0.2) is 56.2 Å². The number of likely N-dealkylation sites (tertiary alicyclic amines) is 1. The van der Waals surface area contributed by atoms with Gasteiger partial charge in [-0.15, -0.1) is 24.0 Å². The first-order chi connectivity index (χ1) is 12.1. The van der Waals surface area contributed by atoms with Crippen LogP contribution in [-0.2, 0) is 0 Å². The van der Waals surface area contributed by atoms with E-state index in [9.17, 15) is 4.39 Å². The van der Waals surface area contributed by atoms with Crippen molar-refractivity contribution in [3.05, 3.63) is 30.1 Å². The summed E-state index contributed by atoms with van der Waals surface area (Å²) in [6.07, 6.45) is 3.94. The second kappa shape index (κ2) is 10.3. The number of guanidine groups is 1. The molecule has 5 nitrogen and oxygen atoms in total. The van der Waals surface area contributed by atoms with Crippen LogP contribution in [0.25, 0.3) is 0 Å². The van der Waals surface area contributed by atoms with Gasteiger partial charge in [0.2, 0.25) is 0 Å². The molecule has 146 valence electrons. The van der Waals surface area contributed by atoms with Crippen molar-refractivity contribution in [1.82, 2.24) is 15.5 Å². The van der Waals surface area contributed by atoms with Gasteiger partial charge in [0.15, 0.2) is 5.96 Å². The molecule has 1 aliphatic carbocycles. The van der Waals surface area contributed by atoms with E-state index in [0.717, 1.165) is 18.5 Å². The van der Waals surface area contributed by atoms with Crippen LogP contribution in [0.3, 0.4) is 0 Å². The Kier molecular flexibility index (Phi) is 8.40. The van der Waals surface area contributed by atoms with Crippen LogP contribution in [0, 0.1) is 11.7 Å². The monoisotopic (exact) mass is 476 g/mol. The Morgan fingerprint density at radius 3 is 2.85 bits per heavy atom. The molecule has 0 spiro atoms. The molecular weight excluding hydrogens is 446 g/mol. The zero-order chi connectivity index (χ0) is 17.6. The van der Waals surface area contributed by atoms with Crippen LogP contribution < -0.4 is 15.4 Å². The predicted molar refractivity (Wildman–Crippen MR) is 114 cm³/mol. The quantitative estimate of drug-likeness (QED) is 0.361. The van der Waals surface area contributed by atoms with E-state index in [2.05, 4.69) is 20.5 Å². The Hall–Kier alpha value is -1.09. The summed E-state index contributed by atoms with van der Waals surface area (Å²) in [6, 6.07) is 7.09. The molecule has 2 N–H and O–H groups in total. The van der Waals surface area contributed by atoms with Crippen LogP contribution >= 0.6 is 24.0 Å². The molecule has 7 heteroatoms. The molecule has 26 heavy (non-hydrogen) atoms. The molecule has 1 heterocycles. The number of nitrogens with zero attached hydrogens (tertiary/aromatic N) is 2.